The molecule has 0 amide bonds. The van der Waals surface area contributed by atoms with E-state index in [0.717, 1.165) is 6.21 Å². The highest BCUT2D eigenvalue weighted by molar-refractivity contribution is 5.86. The van der Waals surface area contributed by atoms with E-state index in [1.165, 1.54) is 14.2 Å². The Morgan fingerprint density at radius 1 is 1.00 bits per heavy atom. The van der Waals surface area contributed by atoms with Crippen LogP contribution < -0.4 is 19.6 Å². The van der Waals surface area contributed by atoms with E-state index in [1.807, 2.05) is 0 Å². The number of ether oxygens (including phenoxy) is 3. The normalized spacial score (nSPS) is 9.36. The van der Waals surface area contributed by atoms with Crippen LogP contribution in [0.1, 0.15) is 5.56 Å². The van der Waals surface area contributed by atoms with Crippen LogP contribution in [0, 0.1) is 0 Å². The Labute approximate surface area is 82.9 Å². The van der Waals surface area contributed by atoms with Gasteiger partial charge in [-0.2, -0.15) is 5.41 Å². The third-order valence-electron chi connectivity index (χ3n) is 1.88. The topological polar surface area (TPSA) is 50.0 Å². The van der Waals surface area contributed by atoms with Gasteiger partial charge in [-0.05, 0) is 0 Å². The molecule has 0 aromatic heterocycles. The van der Waals surface area contributed by atoms with Crippen molar-refractivity contribution in [3.63, 3.8) is 0 Å². The molecule has 0 spiro atoms. The van der Waals surface area contributed by atoms with Crippen LogP contribution in [0.25, 0.3) is 0 Å². The minimum atomic E-state index is 0.496. The van der Waals surface area contributed by atoms with Crippen LogP contribution in [0.15, 0.2) is 12.1 Å². The van der Waals surface area contributed by atoms with E-state index in [9.17, 15) is 0 Å². The molecule has 4 nitrogen and oxygen atoms in total. The summed E-state index contributed by atoms with van der Waals surface area (Å²) in [5.41, 5.74) is 0.496. The van der Waals surface area contributed by atoms with Crippen molar-refractivity contribution in [1.82, 2.24) is 5.41 Å². The minimum Gasteiger partial charge on any atom is -0.496 e. The summed E-state index contributed by atoms with van der Waals surface area (Å²) < 4.78 is 15.2. The summed E-state index contributed by atoms with van der Waals surface area (Å²) in [4.78, 5) is 0. The van der Waals surface area contributed by atoms with Crippen LogP contribution in [0.2, 0.25) is 0 Å². The Kier molecular flexibility index (Phi) is 3.34. The Balaban J connectivity index is 3.31. The van der Waals surface area contributed by atoms with Gasteiger partial charge in [0.05, 0.1) is 33.1 Å². The standard InChI is InChI=1S/C10H12NO3/c1-12-7-4-9(13-2)8(6-11)10(5-7)14-3/h4-6H,1-3H3. The summed E-state index contributed by atoms with van der Waals surface area (Å²) in [7, 11) is 4.58. The molecule has 0 fully saturated rings. The lowest BCUT2D eigenvalue weighted by molar-refractivity contribution is 0.374. The number of rotatable bonds is 4. The highest BCUT2D eigenvalue weighted by Crippen LogP contribution is 2.32. The molecule has 0 saturated carbocycles. The minimum absolute atomic E-state index is 0.496. The fourth-order valence-corrected chi connectivity index (χ4v) is 1.16. The van der Waals surface area contributed by atoms with Crippen molar-refractivity contribution in [2.75, 3.05) is 21.3 Å². The first kappa shape index (κ1) is 10.4. The molecule has 0 N–H and O–H groups in total. The van der Waals surface area contributed by atoms with Crippen molar-refractivity contribution >= 4 is 6.21 Å². The van der Waals surface area contributed by atoms with Gasteiger partial charge in [0, 0.05) is 12.1 Å². The number of methoxy groups -OCH3 is 3. The van der Waals surface area contributed by atoms with Crippen LogP contribution in [-0.4, -0.2) is 27.5 Å². The molecular formula is C10H12NO3. The van der Waals surface area contributed by atoms with Gasteiger partial charge in [0.2, 0.25) is 0 Å². The summed E-state index contributed by atoms with van der Waals surface area (Å²) in [5.74, 6) is 1.62. The maximum atomic E-state index is 9.00. The van der Waals surface area contributed by atoms with Gasteiger partial charge in [-0.15, -0.1) is 0 Å². The third-order valence-corrected chi connectivity index (χ3v) is 1.88. The van der Waals surface area contributed by atoms with Crippen molar-refractivity contribution in [3.05, 3.63) is 17.7 Å². The lowest BCUT2D eigenvalue weighted by Crippen LogP contribution is -1.97. The fraction of sp³-hybridized carbons (Fsp3) is 0.300. The molecule has 1 aromatic rings. The molecule has 1 aromatic carbocycles. The second-order valence-electron chi connectivity index (χ2n) is 2.57. The third kappa shape index (κ3) is 1.79. The zero-order valence-electron chi connectivity index (χ0n) is 8.40. The van der Waals surface area contributed by atoms with E-state index >= 15 is 0 Å². The highest BCUT2D eigenvalue weighted by Gasteiger charge is 2.10. The molecule has 0 saturated heterocycles. The van der Waals surface area contributed by atoms with E-state index in [-0.39, 0.29) is 0 Å². The van der Waals surface area contributed by atoms with E-state index in [4.69, 9.17) is 19.6 Å². The van der Waals surface area contributed by atoms with Crippen molar-refractivity contribution in [2.24, 2.45) is 0 Å². The molecule has 0 aliphatic rings. The molecule has 0 atom stereocenters. The van der Waals surface area contributed by atoms with E-state index < -0.39 is 0 Å². The molecule has 0 aliphatic carbocycles. The smallest absolute Gasteiger partial charge is 0.135 e. The first-order valence-electron chi connectivity index (χ1n) is 4.04. The van der Waals surface area contributed by atoms with Crippen LogP contribution in [0.3, 0.4) is 0 Å². The van der Waals surface area contributed by atoms with Gasteiger partial charge >= 0.3 is 0 Å². The molecule has 0 unspecified atom stereocenters. The predicted molar refractivity (Wildman–Crippen MR) is 53.4 cm³/mol. The Morgan fingerprint density at radius 3 is 1.79 bits per heavy atom. The second-order valence-corrected chi connectivity index (χ2v) is 2.57. The van der Waals surface area contributed by atoms with Gasteiger partial charge in [0.25, 0.3) is 0 Å². The van der Waals surface area contributed by atoms with E-state index in [1.54, 1.807) is 19.2 Å². The molecule has 75 valence electrons. The van der Waals surface area contributed by atoms with Crippen molar-refractivity contribution < 1.29 is 14.2 Å². The average molecular weight is 194 g/mol. The zero-order chi connectivity index (χ0) is 10.6. The highest BCUT2D eigenvalue weighted by atomic mass is 16.5. The van der Waals surface area contributed by atoms with Crippen LogP contribution in [-0.2, 0) is 0 Å². The number of hydrogen-bond acceptors (Lipinski definition) is 3. The molecule has 1 rings (SSSR count). The van der Waals surface area contributed by atoms with Crippen LogP contribution in [0.5, 0.6) is 17.2 Å². The van der Waals surface area contributed by atoms with Gasteiger partial charge in [-0.1, -0.05) is 0 Å². The Bertz CT molecular complexity index is 311. The van der Waals surface area contributed by atoms with Gasteiger partial charge in [-0.3, -0.25) is 0 Å². The zero-order valence-corrected chi connectivity index (χ0v) is 8.40. The lowest BCUT2D eigenvalue weighted by atomic mass is 10.2. The Hall–Kier alpha value is -1.71. The maximum absolute atomic E-state index is 9.00. The van der Waals surface area contributed by atoms with Gasteiger partial charge in [-0.25, -0.2) is 0 Å². The second kappa shape index (κ2) is 4.50. The summed E-state index contributed by atoms with van der Waals surface area (Å²) >= 11 is 0. The quantitative estimate of drug-likeness (QED) is 0.670. The molecule has 1 radical (unpaired) electrons. The lowest BCUT2D eigenvalue weighted by Gasteiger charge is -2.11. The van der Waals surface area contributed by atoms with Gasteiger partial charge < -0.3 is 14.2 Å². The van der Waals surface area contributed by atoms with Gasteiger partial charge in [0.1, 0.15) is 17.2 Å². The molecule has 0 aliphatic heterocycles. The number of nitrogens with zero attached hydrogens (tertiary/aromatic N) is 1. The fourth-order valence-electron chi connectivity index (χ4n) is 1.16. The molecule has 0 heterocycles. The predicted octanol–water partition coefficient (Wildman–Crippen LogP) is 0.931. The van der Waals surface area contributed by atoms with Crippen LogP contribution >= 0.6 is 0 Å². The molecule has 4 heteroatoms. The summed E-state index contributed by atoms with van der Waals surface area (Å²) in [6, 6.07) is 3.34. The first-order valence-corrected chi connectivity index (χ1v) is 4.04. The molecule has 0 bridgehead atoms. The first-order chi connectivity index (χ1) is 6.76. The van der Waals surface area contributed by atoms with E-state index in [0.29, 0.717) is 22.8 Å². The molecule has 14 heavy (non-hydrogen) atoms. The number of benzene rings is 1. The maximum Gasteiger partial charge on any atom is 0.135 e. The Morgan fingerprint density at radius 2 is 1.50 bits per heavy atom. The van der Waals surface area contributed by atoms with E-state index in [2.05, 4.69) is 0 Å². The number of hydrogen-bond donors (Lipinski definition) is 0. The monoisotopic (exact) mass is 194 g/mol. The largest absolute Gasteiger partial charge is 0.496 e. The summed E-state index contributed by atoms with van der Waals surface area (Å²) in [6.45, 7) is 0. The van der Waals surface area contributed by atoms with Crippen molar-refractivity contribution in [2.45, 2.75) is 0 Å². The SMILES string of the molecule is COc1cc(OC)c(C=[N])c(OC)c1. The van der Waals surface area contributed by atoms with Gasteiger partial charge in [0.15, 0.2) is 0 Å². The molecular weight excluding hydrogens is 182 g/mol. The van der Waals surface area contributed by atoms with Crippen molar-refractivity contribution in [3.8, 4) is 17.2 Å². The van der Waals surface area contributed by atoms with Crippen molar-refractivity contribution in [1.29, 1.82) is 0 Å². The summed E-state index contributed by atoms with van der Waals surface area (Å²) in [6.07, 6.45) is 0.942. The van der Waals surface area contributed by atoms with Crippen LogP contribution in [0.4, 0.5) is 0 Å². The summed E-state index contributed by atoms with van der Waals surface area (Å²) in [5, 5.41) is 9.00. The average Bonchev–Trinajstić information content (AvgIpc) is 2.26.